The van der Waals surface area contributed by atoms with Gasteiger partial charge in [0.05, 0.1) is 19.4 Å². The van der Waals surface area contributed by atoms with E-state index in [1.165, 1.54) is 0 Å². The monoisotopic (exact) mass is 334 g/mol. The lowest BCUT2D eigenvalue weighted by molar-refractivity contribution is -0.169. The maximum absolute atomic E-state index is 5.79. The number of piperazine rings is 1. The van der Waals surface area contributed by atoms with Gasteiger partial charge in [-0.2, -0.15) is 10.1 Å². The van der Waals surface area contributed by atoms with Crippen molar-refractivity contribution in [3.63, 3.8) is 0 Å². The molecule has 8 heteroatoms. The molecule has 1 spiro atoms. The third-order valence-electron chi connectivity index (χ3n) is 5.30. The van der Waals surface area contributed by atoms with Crippen LogP contribution in [0.2, 0.25) is 0 Å². The highest BCUT2D eigenvalue weighted by Crippen LogP contribution is 2.32. The van der Waals surface area contributed by atoms with Gasteiger partial charge in [0.25, 0.3) is 0 Å². The van der Waals surface area contributed by atoms with Crippen molar-refractivity contribution in [2.45, 2.75) is 25.6 Å². The van der Waals surface area contributed by atoms with Gasteiger partial charge in [0, 0.05) is 52.1 Å². The molecule has 3 aliphatic rings. The summed E-state index contributed by atoms with van der Waals surface area (Å²) in [5, 5.41) is 8.44. The van der Waals surface area contributed by atoms with Crippen molar-refractivity contribution < 1.29 is 9.47 Å². The fourth-order valence-corrected chi connectivity index (χ4v) is 3.70. The van der Waals surface area contributed by atoms with E-state index in [4.69, 9.17) is 14.5 Å². The zero-order valence-electron chi connectivity index (χ0n) is 14.4. The van der Waals surface area contributed by atoms with Crippen LogP contribution in [-0.4, -0.2) is 84.9 Å². The highest BCUT2D eigenvalue weighted by molar-refractivity contribution is 5.42. The number of piperidine rings is 1. The minimum absolute atomic E-state index is 0.363. The number of nitrogens with zero attached hydrogens (tertiary/aromatic N) is 6. The number of rotatable bonds is 3. The quantitative estimate of drug-likeness (QED) is 0.785. The van der Waals surface area contributed by atoms with Crippen molar-refractivity contribution in [2.24, 2.45) is 0 Å². The fraction of sp³-hybridized carbons (Fsp3) is 0.812. The Morgan fingerprint density at radius 3 is 2.38 bits per heavy atom. The van der Waals surface area contributed by atoms with Crippen molar-refractivity contribution in [1.82, 2.24) is 20.1 Å². The summed E-state index contributed by atoms with van der Waals surface area (Å²) >= 11 is 0. The van der Waals surface area contributed by atoms with Crippen molar-refractivity contribution in [3.8, 4) is 0 Å². The molecular weight excluding hydrogens is 308 g/mol. The average Bonchev–Trinajstić information content (AvgIpc) is 3.10. The van der Waals surface area contributed by atoms with Crippen LogP contribution in [0.25, 0.3) is 0 Å². The van der Waals surface area contributed by atoms with E-state index in [9.17, 15) is 0 Å². The van der Waals surface area contributed by atoms with Crippen LogP contribution in [0.4, 0.5) is 11.8 Å². The molecule has 0 radical (unpaired) electrons. The Bertz CT molecular complexity index is 547. The maximum Gasteiger partial charge on any atom is 0.247 e. The van der Waals surface area contributed by atoms with Crippen LogP contribution in [0.1, 0.15) is 19.8 Å². The summed E-state index contributed by atoms with van der Waals surface area (Å²) in [5.41, 5.74) is 0. The second-order valence-electron chi connectivity index (χ2n) is 6.63. The zero-order valence-corrected chi connectivity index (χ0v) is 14.4. The highest BCUT2D eigenvalue weighted by Gasteiger charge is 2.40. The zero-order chi connectivity index (χ0) is 16.4. The van der Waals surface area contributed by atoms with Crippen molar-refractivity contribution in [2.75, 3.05) is 68.8 Å². The molecule has 0 N–H and O–H groups in total. The molecule has 4 heterocycles. The van der Waals surface area contributed by atoms with Crippen LogP contribution in [0.3, 0.4) is 0 Å². The van der Waals surface area contributed by atoms with Crippen LogP contribution in [-0.2, 0) is 9.47 Å². The molecule has 0 aliphatic carbocycles. The van der Waals surface area contributed by atoms with E-state index in [-0.39, 0.29) is 5.79 Å². The molecule has 3 saturated heterocycles. The number of ether oxygens (including phenoxy) is 2. The van der Waals surface area contributed by atoms with E-state index < -0.39 is 0 Å². The number of hydrogen-bond donors (Lipinski definition) is 0. The van der Waals surface area contributed by atoms with Gasteiger partial charge in [-0.15, -0.1) is 5.10 Å². The minimum atomic E-state index is -0.363. The summed E-state index contributed by atoms with van der Waals surface area (Å²) in [6, 6.07) is 0. The van der Waals surface area contributed by atoms with Crippen molar-refractivity contribution >= 4 is 11.8 Å². The molecule has 0 aromatic carbocycles. The molecule has 132 valence electrons. The SMILES string of the molecule is CCN1CCN(c2cnnc(N3CCC4(CC3)OCCO4)n2)CC1. The van der Waals surface area contributed by atoms with Gasteiger partial charge < -0.3 is 24.2 Å². The number of hydrogen-bond acceptors (Lipinski definition) is 8. The molecule has 0 saturated carbocycles. The molecule has 3 aliphatic heterocycles. The third kappa shape index (κ3) is 3.18. The minimum Gasteiger partial charge on any atom is -0.353 e. The summed E-state index contributed by atoms with van der Waals surface area (Å²) in [7, 11) is 0. The number of aromatic nitrogens is 3. The van der Waals surface area contributed by atoms with Gasteiger partial charge in [-0.25, -0.2) is 0 Å². The van der Waals surface area contributed by atoms with E-state index in [0.717, 1.165) is 70.4 Å². The largest absolute Gasteiger partial charge is 0.353 e. The molecule has 8 nitrogen and oxygen atoms in total. The Kier molecular flexibility index (Phi) is 4.51. The molecule has 0 bridgehead atoms. The van der Waals surface area contributed by atoms with Crippen molar-refractivity contribution in [1.29, 1.82) is 0 Å². The van der Waals surface area contributed by atoms with E-state index >= 15 is 0 Å². The standard InChI is InChI=1S/C16H26N6O2/c1-2-20-7-9-21(10-8-20)14-13-17-19-15(18-14)22-5-3-16(4-6-22)23-11-12-24-16/h13H,2-12H2,1H3. The van der Waals surface area contributed by atoms with Crippen LogP contribution >= 0.6 is 0 Å². The van der Waals surface area contributed by atoms with Gasteiger partial charge in [-0.05, 0) is 6.54 Å². The van der Waals surface area contributed by atoms with Gasteiger partial charge in [0.2, 0.25) is 5.95 Å². The third-order valence-corrected chi connectivity index (χ3v) is 5.30. The molecule has 1 aromatic heterocycles. The normalized spacial score (nSPS) is 24.7. The van der Waals surface area contributed by atoms with Crippen LogP contribution in [0.5, 0.6) is 0 Å². The summed E-state index contributed by atoms with van der Waals surface area (Å²) < 4.78 is 11.6. The highest BCUT2D eigenvalue weighted by atomic mass is 16.7. The predicted octanol–water partition coefficient (Wildman–Crippen LogP) is 0.357. The predicted molar refractivity (Wildman–Crippen MR) is 90.2 cm³/mol. The van der Waals surface area contributed by atoms with Crippen LogP contribution in [0, 0.1) is 0 Å². The topological polar surface area (TPSA) is 66.9 Å². The maximum atomic E-state index is 5.79. The summed E-state index contributed by atoms with van der Waals surface area (Å²) in [6.45, 7) is 10.6. The second kappa shape index (κ2) is 6.78. The first-order chi connectivity index (χ1) is 11.8. The lowest BCUT2D eigenvalue weighted by Gasteiger charge is -2.38. The van der Waals surface area contributed by atoms with Gasteiger partial charge in [0.15, 0.2) is 11.6 Å². The first-order valence-electron chi connectivity index (χ1n) is 8.98. The second-order valence-corrected chi connectivity index (χ2v) is 6.63. The Morgan fingerprint density at radius 2 is 1.71 bits per heavy atom. The molecule has 0 amide bonds. The van der Waals surface area contributed by atoms with Crippen molar-refractivity contribution in [3.05, 3.63) is 6.20 Å². The van der Waals surface area contributed by atoms with E-state index in [2.05, 4.69) is 31.8 Å². The lowest BCUT2D eigenvalue weighted by Crippen LogP contribution is -2.47. The van der Waals surface area contributed by atoms with E-state index in [0.29, 0.717) is 13.2 Å². The van der Waals surface area contributed by atoms with E-state index in [1.54, 1.807) is 6.20 Å². The number of anilines is 2. The Hall–Kier alpha value is -1.51. The molecule has 3 fully saturated rings. The molecule has 0 unspecified atom stereocenters. The fourth-order valence-electron chi connectivity index (χ4n) is 3.70. The Morgan fingerprint density at radius 1 is 1.00 bits per heavy atom. The van der Waals surface area contributed by atoms with Crippen LogP contribution in [0.15, 0.2) is 6.20 Å². The van der Waals surface area contributed by atoms with Gasteiger partial charge >= 0.3 is 0 Å². The lowest BCUT2D eigenvalue weighted by atomic mass is 10.0. The van der Waals surface area contributed by atoms with E-state index in [1.807, 2.05) is 0 Å². The summed E-state index contributed by atoms with van der Waals surface area (Å²) in [6.07, 6.45) is 3.49. The Labute approximate surface area is 142 Å². The van der Waals surface area contributed by atoms with Gasteiger partial charge in [-0.1, -0.05) is 6.92 Å². The molecule has 24 heavy (non-hydrogen) atoms. The molecule has 0 atom stereocenters. The first kappa shape index (κ1) is 16.0. The smallest absolute Gasteiger partial charge is 0.247 e. The molecule has 1 aromatic rings. The first-order valence-corrected chi connectivity index (χ1v) is 8.98. The number of likely N-dealkylation sites (N-methyl/N-ethyl adjacent to an activating group) is 1. The molecular formula is C16H26N6O2. The van der Waals surface area contributed by atoms with Crippen LogP contribution < -0.4 is 9.80 Å². The Balaban J connectivity index is 1.40. The van der Waals surface area contributed by atoms with Gasteiger partial charge in [0.1, 0.15) is 0 Å². The summed E-state index contributed by atoms with van der Waals surface area (Å²) in [4.78, 5) is 11.7. The summed E-state index contributed by atoms with van der Waals surface area (Å²) in [5.74, 6) is 1.29. The molecule has 4 rings (SSSR count). The average molecular weight is 334 g/mol. The van der Waals surface area contributed by atoms with Gasteiger partial charge in [-0.3, -0.25) is 0 Å².